The third-order valence-electron chi connectivity index (χ3n) is 4.44. The number of rotatable bonds is 4. The maximum absolute atomic E-state index is 13.5. The third-order valence-corrected chi connectivity index (χ3v) is 4.44. The van der Waals surface area contributed by atoms with Gasteiger partial charge in [0, 0.05) is 31.7 Å². The number of β-amino-alcohol motifs (C(OH)–C–C–N with tert-alkyl or cyclic N) is 1. The summed E-state index contributed by atoms with van der Waals surface area (Å²) in [6.45, 7) is 1.20. The fourth-order valence-corrected chi connectivity index (χ4v) is 3.26. The Morgan fingerprint density at radius 1 is 1.29 bits per heavy atom. The van der Waals surface area contributed by atoms with Gasteiger partial charge in [0.2, 0.25) is 0 Å². The molecule has 0 unspecified atom stereocenters. The molecule has 4 nitrogen and oxygen atoms in total. The topological polar surface area (TPSA) is 52.6 Å². The molecule has 2 atom stereocenters. The fourth-order valence-electron chi connectivity index (χ4n) is 3.26. The van der Waals surface area contributed by atoms with E-state index in [9.17, 15) is 14.3 Å². The molecule has 0 saturated carbocycles. The maximum atomic E-state index is 13.5. The Morgan fingerprint density at radius 3 is 2.71 bits per heavy atom. The minimum absolute atomic E-state index is 0.00526. The van der Waals surface area contributed by atoms with Crippen LogP contribution in [0, 0.1) is 5.82 Å². The first-order valence-corrected chi connectivity index (χ1v) is 8.05. The highest BCUT2D eigenvalue weighted by molar-refractivity contribution is 5.93. The quantitative estimate of drug-likeness (QED) is 0.907. The molecule has 0 aliphatic carbocycles. The van der Waals surface area contributed by atoms with Gasteiger partial charge >= 0.3 is 0 Å². The molecule has 1 heterocycles. The Hall–Kier alpha value is -2.24. The SMILES string of the molecule is CNC(=O)c1ccc(CN2C[C@H](O)C[C@H]2c2cccc(F)c2)cc1. The highest BCUT2D eigenvalue weighted by atomic mass is 19.1. The third kappa shape index (κ3) is 3.63. The van der Waals surface area contributed by atoms with Gasteiger partial charge in [0.15, 0.2) is 0 Å². The van der Waals surface area contributed by atoms with Crippen LogP contribution in [-0.2, 0) is 6.54 Å². The minimum Gasteiger partial charge on any atom is -0.392 e. The van der Waals surface area contributed by atoms with Gasteiger partial charge in [0.1, 0.15) is 5.82 Å². The zero-order chi connectivity index (χ0) is 17.1. The van der Waals surface area contributed by atoms with E-state index in [0.29, 0.717) is 25.1 Å². The molecule has 24 heavy (non-hydrogen) atoms. The lowest BCUT2D eigenvalue weighted by Crippen LogP contribution is -2.24. The molecule has 126 valence electrons. The van der Waals surface area contributed by atoms with E-state index in [-0.39, 0.29) is 17.8 Å². The average molecular weight is 328 g/mol. The predicted octanol–water partition coefficient (Wildman–Crippen LogP) is 2.49. The van der Waals surface area contributed by atoms with Gasteiger partial charge in [0.25, 0.3) is 5.91 Å². The highest BCUT2D eigenvalue weighted by Crippen LogP contribution is 2.33. The van der Waals surface area contributed by atoms with Crippen LogP contribution in [-0.4, -0.2) is 35.6 Å². The maximum Gasteiger partial charge on any atom is 0.251 e. The molecular formula is C19H21FN2O2. The monoisotopic (exact) mass is 328 g/mol. The second-order valence-electron chi connectivity index (χ2n) is 6.17. The van der Waals surface area contributed by atoms with E-state index in [4.69, 9.17) is 0 Å². The molecule has 5 heteroatoms. The Balaban J connectivity index is 1.76. The van der Waals surface area contributed by atoms with Crippen LogP contribution in [0.15, 0.2) is 48.5 Å². The number of aliphatic hydroxyl groups excluding tert-OH is 1. The van der Waals surface area contributed by atoms with Crippen LogP contribution in [0.1, 0.15) is 33.9 Å². The van der Waals surface area contributed by atoms with E-state index in [2.05, 4.69) is 10.2 Å². The minimum atomic E-state index is -0.414. The summed E-state index contributed by atoms with van der Waals surface area (Å²) in [5.41, 5.74) is 2.55. The van der Waals surface area contributed by atoms with Gasteiger partial charge in [-0.3, -0.25) is 9.69 Å². The van der Waals surface area contributed by atoms with Crippen LogP contribution in [0.2, 0.25) is 0 Å². The first-order valence-electron chi connectivity index (χ1n) is 8.05. The van der Waals surface area contributed by atoms with Gasteiger partial charge < -0.3 is 10.4 Å². The lowest BCUT2D eigenvalue weighted by Gasteiger charge is -2.24. The first-order chi connectivity index (χ1) is 11.6. The standard InChI is InChI=1S/C19H21FN2O2/c1-21-19(24)14-7-5-13(6-8-14)11-22-12-17(23)10-18(22)15-3-2-4-16(20)9-15/h2-9,17-18,23H,10-12H2,1H3,(H,21,24)/t17-,18+/m1/s1. The van der Waals surface area contributed by atoms with Crippen LogP contribution >= 0.6 is 0 Å². The highest BCUT2D eigenvalue weighted by Gasteiger charge is 2.32. The summed E-state index contributed by atoms with van der Waals surface area (Å²) in [6, 6.07) is 14.0. The van der Waals surface area contributed by atoms with E-state index in [1.165, 1.54) is 12.1 Å². The van der Waals surface area contributed by atoms with Gasteiger partial charge in [-0.2, -0.15) is 0 Å². The second-order valence-corrected chi connectivity index (χ2v) is 6.17. The molecule has 1 aliphatic heterocycles. The molecule has 0 spiro atoms. The smallest absolute Gasteiger partial charge is 0.251 e. The molecule has 2 aromatic rings. The number of nitrogens with one attached hydrogen (secondary N) is 1. The second kappa shape index (κ2) is 7.11. The molecule has 1 amide bonds. The number of carbonyl (C=O) groups is 1. The summed E-state index contributed by atoms with van der Waals surface area (Å²) in [6.07, 6.45) is 0.183. The fraction of sp³-hybridized carbons (Fsp3) is 0.316. The Kier molecular flexibility index (Phi) is 4.92. The van der Waals surface area contributed by atoms with Crippen LogP contribution in [0.5, 0.6) is 0 Å². The van der Waals surface area contributed by atoms with Crippen molar-refractivity contribution < 1.29 is 14.3 Å². The van der Waals surface area contributed by atoms with E-state index >= 15 is 0 Å². The summed E-state index contributed by atoms with van der Waals surface area (Å²) in [5, 5.41) is 12.6. The molecular weight excluding hydrogens is 307 g/mol. The largest absolute Gasteiger partial charge is 0.392 e. The van der Waals surface area contributed by atoms with Crippen LogP contribution < -0.4 is 5.32 Å². The predicted molar refractivity (Wildman–Crippen MR) is 90.0 cm³/mol. The number of nitrogens with zero attached hydrogens (tertiary/aromatic N) is 1. The van der Waals surface area contributed by atoms with Crippen molar-refractivity contribution in [3.05, 3.63) is 71.0 Å². The van der Waals surface area contributed by atoms with Crippen molar-refractivity contribution in [3.63, 3.8) is 0 Å². The lowest BCUT2D eigenvalue weighted by atomic mass is 10.0. The van der Waals surface area contributed by atoms with Gasteiger partial charge in [-0.1, -0.05) is 24.3 Å². The zero-order valence-corrected chi connectivity index (χ0v) is 13.6. The van der Waals surface area contributed by atoms with Gasteiger partial charge in [-0.25, -0.2) is 4.39 Å². The number of likely N-dealkylation sites (tertiary alicyclic amines) is 1. The summed E-state index contributed by atoms with van der Waals surface area (Å²) in [7, 11) is 1.60. The van der Waals surface area contributed by atoms with Crippen molar-refractivity contribution in [1.82, 2.24) is 10.2 Å². The normalized spacial score (nSPS) is 21.0. The van der Waals surface area contributed by atoms with E-state index in [0.717, 1.165) is 11.1 Å². The van der Waals surface area contributed by atoms with Crippen molar-refractivity contribution in [1.29, 1.82) is 0 Å². The van der Waals surface area contributed by atoms with Crippen molar-refractivity contribution in [2.45, 2.75) is 25.1 Å². The van der Waals surface area contributed by atoms with Crippen molar-refractivity contribution in [2.24, 2.45) is 0 Å². The number of benzene rings is 2. The molecule has 1 fully saturated rings. The summed E-state index contributed by atoms with van der Waals surface area (Å²) >= 11 is 0. The van der Waals surface area contributed by atoms with Crippen LogP contribution in [0.25, 0.3) is 0 Å². The zero-order valence-electron chi connectivity index (χ0n) is 13.6. The molecule has 2 N–H and O–H groups in total. The molecule has 0 aromatic heterocycles. The average Bonchev–Trinajstić information content (AvgIpc) is 2.95. The molecule has 0 bridgehead atoms. The number of hydrogen-bond acceptors (Lipinski definition) is 3. The van der Waals surface area contributed by atoms with Crippen molar-refractivity contribution in [3.8, 4) is 0 Å². The summed E-state index contributed by atoms with van der Waals surface area (Å²) in [4.78, 5) is 13.7. The molecule has 3 rings (SSSR count). The van der Waals surface area contributed by atoms with Gasteiger partial charge in [0.05, 0.1) is 6.10 Å². The first kappa shape index (κ1) is 16.6. The van der Waals surface area contributed by atoms with Crippen LogP contribution in [0.3, 0.4) is 0 Å². The van der Waals surface area contributed by atoms with Gasteiger partial charge in [-0.15, -0.1) is 0 Å². The Morgan fingerprint density at radius 2 is 2.04 bits per heavy atom. The number of carbonyl (C=O) groups excluding carboxylic acids is 1. The molecule has 2 aromatic carbocycles. The van der Waals surface area contributed by atoms with E-state index in [1.54, 1.807) is 25.2 Å². The molecule has 1 saturated heterocycles. The van der Waals surface area contributed by atoms with E-state index < -0.39 is 6.10 Å². The molecule has 1 aliphatic rings. The van der Waals surface area contributed by atoms with E-state index in [1.807, 2.05) is 18.2 Å². The van der Waals surface area contributed by atoms with Crippen LogP contribution in [0.4, 0.5) is 4.39 Å². The summed E-state index contributed by atoms with van der Waals surface area (Å²) < 4.78 is 13.5. The number of aliphatic hydroxyl groups is 1. The van der Waals surface area contributed by atoms with Gasteiger partial charge in [-0.05, 0) is 41.8 Å². The number of amides is 1. The Bertz CT molecular complexity index is 718. The number of halogens is 1. The van der Waals surface area contributed by atoms with Crippen molar-refractivity contribution >= 4 is 5.91 Å². The lowest BCUT2D eigenvalue weighted by molar-refractivity contribution is 0.0963. The Labute approximate surface area is 140 Å². The molecule has 0 radical (unpaired) electrons. The van der Waals surface area contributed by atoms with Crippen molar-refractivity contribution in [2.75, 3.05) is 13.6 Å². The number of hydrogen-bond donors (Lipinski definition) is 2. The summed E-state index contributed by atoms with van der Waals surface area (Å²) in [5.74, 6) is -0.375.